The molecule has 0 unspecified atom stereocenters. The predicted octanol–water partition coefficient (Wildman–Crippen LogP) is 3.60. The lowest BCUT2D eigenvalue weighted by Gasteiger charge is -2.36. The van der Waals surface area contributed by atoms with Crippen LogP contribution >= 0.6 is 11.6 Å². The zero-order valence-corrected chi connectivity index (χ0v) is 18.5. The van der Waals surface area contributed by atoms with Crippen molar-refractivity contribution >= 4 is 34.6 Å². The van der Waals surface area contributed by atoms with Gasteiger partial charge in [-0.1, -0.05) is 11.6 Å². The molecule has 2 aromatic rings. The summed E-state index contributed by atoms with van der Waals surface area (Å²) in [6.45, 7) is 1.55. The number of anilines is 2. The lowest BCUT2D eigenvalue weighted by atomic mass is 10.1. The zero-order valence-electron chi connectivity index (χ0n) is 17.7. The van der Waals surface area contributed by atoms with Crippen LogP contribution in [-0.2, 0) is 4.74 Å². The van der Waals surface area contributed by atoms with Crippen molar-refractivity contribution in [2.45, 2.75) is 0 Å². The average Bonchev–Trinajstić information content (AvgIpc) is 2.86. The molecule has 8 nitrogen and oxygen atoms in total. The Kier molecular flexibility index (Phi) is 6.80. The third-order valence-electron chi connectivity index (χ3n) is 5.84. The normalized spacial score (nSPS) is 16.7. The quantitative estimate of drug-likeness (QED) is 0.209. The molecule has 0 N–H and O–H groups in total. The predicted molar refractivity (Wildman–Crippen MR) is 116 cm³/mol. The summed E-state index contributed by atoms with van der Waals surface area (Å²) in [4.78, 5) is 28.3. The maximum atomic E-state index is 14.3. The number of halogens is 5. The minimum Gasteiger partial charge on any atom is -0.378 e. The number of nitro groups is 1. The number of hydrogen-bond donors (Lipinski definition) is 0. The molecule has 1 amide bonds. The fourth-order valence-corrected chi connectivity index (χ4v) is 4.23. The summed E-state index contributed by atoms with van der Waals surface area (Å²) in [6, 6.07) is 4.19. The van der Waals surface area contributed by atoms with Crippen molar-refractivity contribution in [1.29, 1.82) is 0 Å². The van der Waals surface area contributed by atoms with Crippen LogP contribution in [0.2, 0.25) is 5.02 Å². The first-order chi connectivity index (χ1) is 16.2. The molecular formula is C21H19ClF4N4O4. The fourth-order valence-electron chi connectivity index (χ4n) is 4.06. The Balaban J connectivity index is 1.51. The Morgan fingerprint density at radius 1 is 0.912 bits per heavy atom. The number of nitro benzene ring substituents is 1. The molecule has 13 heteroatoms. The van der Waals surface area contributed by atoms with Crippen LogP contribution in [0.25, 0.3) is 0 Å². The monoisotopic (exact) mass is 502 g/mol. The van der Waals surface area contributed by atoms with Gasteiger partial charge in [0.25, 0.3) is 11.6 Å². The van der Waals surface area contributed by atoms with Crippen molar-refractivity contribution in [1.82, 2.24) is 4.90 Å². The van der Waals surface area contributed by atoms with Crippen LogP contribution in [0.15, 0.2) is 18.2 Å². The van der Waals surface area contributed by atoms with E-state index in [-0.39, 0.29) is 37.4 Å². The van der Waals surface area contributed by atoms with Gasteiger partial charge in [0.15, 0.2) is 23.3 Å². The van der Waals surface area contributed by atoms with Crippen molar-refractivity contribution < 1.29 is 32.0 Å². The number of nitrogens with zero attached hydrogens (tertiary/aromatic N) is 4. The lowest BCUT2D eigenvalue weighted by Crippen LogP contribution is -2.49. The fraction of sp³-hybridized carbons (Fsp3) is 0.381. The van der Waals surface area contributed by atoms with E-state index in [1.54, 1.807) is 0 Å². The molecule has 2 aliphatic heterocycles. The van der Waals surface area contributed by atoms with E-state index in [2.05, 4.69) is 0 Å². The second-order valence-electron chi connectivity index (χ2n) is 7.76. The van der Waals surface area contributed by atoms with Gasteiger partial charge < -0.3 is 19.4 Å². The van der Waals surface area contributed by atoms with Crippen LogP contribution in [0, 0.1) is 33.4 Å². The second kappa shape index (κ2) is 9.63. The van der Waals surface area contributed by atoms with Crippen molar-refractivity contribution in [3.8, 4) is 0 Å². The number of amides is 1. The number of carbonyl (C=O) groups is 1. The Morgan fingerprint density at radius 2 is 1.50 bits per heavy atom. The van der Waals surface area contributed by atoms with Crippen LogP contribution in [0.3, 0.4) is 0 Å². The standard InChI is InChI=1S/C21H19ClF4N4O4/c22-15-16(23)18(25)20(19(26)17(15)24)28-3-5-29(6-4-28)21(31)12-1-2-13(14(11-12)30(32)33)27-7-9-34-10-8-27/h1-2,11H,3-10H2. The molecule has 4 rings (SSSR count). The highest BCUT2D eigenvalue weighted by Gasteiger charge is 2.32. The van der Waals surface area contributed by atoms with Gasteiger partial charge in [-0.05, 0) is 12.1 Å². The number of morpholine rings is 1. The van der Waals surface area contributed by atoms with Crippen molar-refractivity contribution in [3.05, 3.63) is 62.2 Å². The van der Waals surface area contributed by atoms with E-state index in [0.29, 0.717) is 32.0 Å². The smallest absolute Gasteiger partial charge is 0.293 e. The molecule has 0 atom stereocenters. The minimum atomic E-state index is -1.69. The maximum Gasteiger partial charge on any atom is 0.293 e. The Labute approximate surface area is 196 Å². The van der Waals surface area contributed by atoms with Crippen molar-refractivity contribution in [2.24, 2.45) is 0 Å². The maximum absolute atomic E-state index is 14.3. The van der Waals surface area contributed by atoms with Crippen LogP contribution in [0.1, 0.15) is 10.4 Å². The van der Waals surface area contributed by atoms with E-state index < -0.39 is 44.8 Å². The minimum absolute atomic E-state index is 0.0252. The van der Waals surface area contributed by atoms with E-state index >= 15 is 0 Å². The molecule has 2 aromatic carbocycles. The van der Waals surface area contributed by atoms with Gasteiger partial charge in [-0.25, -0.2) is 17.6 Å². The molecule has 2 saturated heterocycles. The largest absolute Gasteiger partial charge is 0.378 e. The highest BCUT2D eigenvalue weighted by atomic mass is 35.5. The summed E-state index contributed by atoms with van der Waals surface area (Å²) in [5.41, 5.74) is -0.648. The summed E-state index contributed by atoms with van der Waals surface area (Å²) in [6.07, 6.45) is 0. The molecule has 2 fully saturated rings. The Hall–Kier alpha value is -3.12. The van der Waals surface area contributed by atoms with Crippen molar-refractivity contribution in [3.63, 3.8) is 0 Å². The van der Waals surface area contributed by atoms with Gasteiger partial charge in [-0.15, -0.1) is 0 Å². The van der Waals surface area contributed by atoms with Crippen LogP contribution < -0.4 is 9.80 Å². The van der Waals surface area contributed by atoms with Gasteiger partial charge in [0.2, 0.25) is 0 Å². The van der Waals surface area contributed by atoms with Crippen LogP contribution in [0.4, 0.5) is 34.6 Å². The average molecular weight is 503 g/mol. The molecule has 2 heterocycles. The molecule has 0 bridgehead atoms. The van der Waals surface area contributed by atoms with E-state index in [0.717, 1.165) is 4.90 Å². The highest BCUT2D eigenvalue weighted by Crippen LogP contribution is 2.34. The molecule has 34 heavy (non-hydrogen) atoms. The first-order valence-corrected chi connectivity index (χ1v) is 10.7. The van der Waals surface area contributed by atoms with Gasteiger partial charge in [-0.3, -0.25) is 14.9 Å². The first-order valence-electron chi connectivity index (χ1n) is 10.4. The molecule has 0 radical (unpaired) electrons. The van der Waals surface area contributed by atoms with E-state index in [9.17, 15) is 32.5 Å². The summed E-state index contributed by atoms with van der Waals surface area (Å²) < 4.78 is 61.4. The molecule has 182 valence electrons. The van der Waals surface area contributed by atoms with Crippen molar-refractivity contribution in [2.75, 3.05) is 62.3 Å². The Bertz CT molecular complexity index is 1110. The summed E-state index contributed by atoms with van der Waals surface area (Å²) in [7, 11) is 0. The van der Waals surface area contributed by atoms with E-state index in [1.807, 2.05) is 4.90 Å². The molecule has 2 aliphatic rings. The van der Waals surface area contributed by atoms with Gasteiger partial charge in [-0.2, -0.15) is 0 Å². The SMILES string of the molecule is O=C(c1ccc(N2CCOCC2)c([N+](=O)[O-])c1)N1CCN(c2c(F)c(F)c(Cl)c(F)c2F)CC1. The summed E-state index contributed by atoms with van der Waals surface area (Å²) in [5.74, 6) is -7.12. The molecule has 0 saturated carbocycles. The third kappa shape index (κ3) is 4.34. The first kappa shape index (κ1) is 24.0. The highest BCUT2D eigenvalue weighted by molar-refractivity contribution is 6.31. The number of hydrogen-bond acceptors (Lipinski definition) is 6. The second-order valence-corrected chi connectivity index (χ2v) is 8.14. The molecule has 0 aromatic heterocycles. The van der Waals surface area contributed by atoms with Gasteiger partial charge in [0.1, 0.15) is 16.4 Å². The van der Waals surface area contributed by atoms with Gasteiger partial charge in [0, 0.05) is 50.9 Å². The van der Waals surface area contributed by atoms with E-state index in [1.165, 1.54) is 23.1 Å². The Morgan fingerprint density at radius 3 is 2.06 bits per heavy atom. The zero-order chi connectivity index (χ0) is 24.6. The van der Waals surface area contributed by atoms with Crippen LogP contribution in [0.5, 0.6) is 0 Å². The molecule has 0 aliphatic carbocycles. The number of carbonyl (C=O) groups excluding carboxylic acids is 1. The summed E-state index contributed by atoms with van der Waals surface area (Å²) in [5, 5.41) is 10.4. The third-order valence-corrected chi connectivity index (χ3v) is 6.17. The number of benzene rings is 2. The number of piperazine rings is 1. The van der Waals surface area contributed by atoms with E-state index in [4.69, 9.17) is 16.3 Å². The number of rotatable bonds is 4. The molecule has 0 spiro atoms. The lowest BCUT2D eigenvalue weighted by molar-refractivity contribution is -0.384. The van der Waals surface area contributed by atoms with Gasteiger partial charge in [0.05, 0.1) is 18.1 Å². The van der Waals surface area contributed by atoms with Crippen LogP contribution in [-0.4, -0.2) is 68.2 Å². The number of ether oxygens (including phenoxy) is 1. The summed E-state index contributed by atoms with van der Waals surface area (Å²) >= 11 is 5.27. The van der Waals surface area contributed by atoms with Gasteiger partial charge >= 0.3 is 0 Å². The topological polar surface area (TPSA) is 79.2 Å². The molecular weight excluding hydrogens is 484 g/mol.